The molecular formula is C18H13F3N2O4. The molecule has 0 aromatic heterocycles. The van der Waals surface area contributed by atoms with Crippen LogP contribution in [0.25, 0.3) is 0 Å². The lowest BCUT2D eigenvalue weighted by atomic mass is 10.0. The molecule has 3 rings (SSSR count). The van der Waals surface area contributed by atoms with E-state index in [0.29, 0.717) is 17.3 Å². The van der Waals surface area contributed by atoms with E-state index in [1.54, 1.807) is 6.07 Å². The van der Waals surface area contributed by atoms with Crippen molar-refractivity contribution in [3.8, 4) is 0 Å². The molecule has 6 nitrogen and oxygen atoms in total. The number of oxime groups is 1. The average Bonchev–Trinajstić information content (AvgIpc) is 3.13. The fourth-order valence-electron chi connectivity index (χ4n) is 2.48. The average molecular weight is 378 g/mol. The lowest BCUT2D eigenvalue weighted by molar-refractivity contribution is -0.125. The highest BCUT2D eigenvalue weighted by molar-refractivity contribution is 6.06. The summed E-state index contributed by atoms with van der Waals surface area (Å²) in [5.41, 5.74) is -0.140. The molecule has 1 aliphatic heterocycles. The van der Waals surface area contributed by atoms with Crippen LogP contribution in [0.5, 0.6) is 0 Å². The van der Waals surface area contributed by atoms with E-state index in [0.717, 1.165) is 13.2 Å². The van der Waals surface area contributed by atoms with Crippen molar-refractivity contribution in [1.29, 1.82) is 0 Å². The van der Waals surface area contributed by atoms with Crippen molar-refractivity contribution in [1.82, 2.24) is 0 Å². The van der Waals surface area contributed by atoms with Crippen molar-refractivity contribution in [3.63, 3.8) is 0 Å². The molecule has 0 saturated heterocycles. The Balaban J connectivity index is 1.73. The van der Waals surface area contributed by atoms with E-state index in [4.69, 9.17) is 4.84 Å². The maximum absolute atomic E-state index is 13.9. The number of rotatable bonds is 4. The molecule has 1 aliphatic rings. The zero-order valence-electron chi connectivity index (χ0n) is 14.0. The summed E-state index contributed by atoms with van der Waals surface area (Å²) in [5, 5.41) is 5.97. The second-order valence-electron chi connectivity index (χ2n) is 5.64. The molecule has 0 spiro atoms. The van der Waals surface area contributed by atoms with Gasteiger partial charge in [0, 0.05) is 18.1 Å². The van der Waals surface area contributed by atoms with Gasteiger partial charge in [0.25, 0.3) is 5.91 Å². The van der Waals surface area contributed by atoms with Crippen molar-refractivity contribution in [2.24, 2.45) is 5.16 Å². The summed E-state index contributed by atoms with van der Waals surface area (Å²) in [6.45, 7) is 0. The molecule has 140 valence electrons. The molecule has 1 atom stereocenters. The van der Waals surface area contributed by atoms with Crippen LogP contribution >= 0.6 is 0 Å². The molecular weight excluding hydrogens is 365 g/mol. The second-order valence-corrected chi connectivity index (χ2v) is 5.64. The number of amides is 1. The van der Waals surface area contributed by atoms with Crippen LogP contribution in [0.4, 0.5) is 18.9 Å². The summed E-state index contributed by atoms with van der Waals surface area (Å²) < 4.78 is 45.3. The number of esters is 1. The monoisotopic (exact) mass is 378 g/mol. The van der Waals surface area contributed by atoms with E-state index in [1.807, 2.05) is 0 Å². The first kappa shape index (κ1) is 18.4. The Morgan fingerprint density at radius 1 is 1.19 bits per heavy atom. The number of carbonyl (C=O) groups excluding carboxylic acids is 2. The minimum Gasteiger partial charge on any atom is -0.465 e. The van der Waals surface area contributed by atoms with E-state index >= 15 is 0 Å². The molecule has 1 N–H and O–H groups in total. The highest BCUT2D eigenvalue weighted by Crippen LogP contribution is 2.23. The number of nitrogens with zero attached hydrogens (tertiary/aromatic N) is 1. The quantitative estimate of drug-likeness (QED) is 0.830. The maximum atomic E-state index is 13.9. The number of hydrogen-bond donors (Lipinski definition) is 1. The highest BCUT2D eigenvalue weighted by atomic mass is 19.1. The Kier molecular flexibility index (Phi) is 5.11. The van der Waals surface area contributed by atoms with Crippen molar-refractivity contribution in [2.75, 3.05) is 12.4 Å². The Labute approximate surface area is 151 Å². The fourth-order valence-corrected chi connectivity index (χ4v) is 2.48. The summed E-state index contributed by atoms with van der Waals surface area (Å²) in [7, 11) is 1.04. The van der Waals surface area contributed by atoms with Gasteiger partial charge in [0.2, 0.25) is 6.10 Å². The number of halogens is 3. The largest absolute Gasteiger partial charge is 0.465 e. The predicted octanol–water partition coefficient (Wildman–Crippen LogP) is 3.02. The Morgan fingerprint density at radius 2 is 1.96 bits per heavy atom. The standard InChI is InChI=1S/C18H13F3N2O4/c1-26-18(25)11-6-15(13(21)7-12(11)20)22-17(24)16-8-14(23-27-16)9-3-2-4-10(19)5-9/h2-7,16H,8H2,1H3,(H,22,24)/t16-/m0/s1. The van der Waals surface area contributed by atoms with Crippen LogP contribution in [-0.2, 0) is 14.4 Å². The molecule has 0 radical (unpaired) electrons. The highest BCUT2D eigenvalue weighted by Gasteiger charge is 2.30. The molecule has 0 unspecified atom stereocenters. The molecule has 1 heterocycles. The third-order valence-corrected chi connectivity index (χ3v) is 3.84. The van der Waals surface area contributed by atoms with E-state index < -0.39 is 46.7 Å². The molecule has 2 aromatic carbocycles. The normalized spacial score (nSPS) is 15.7. The van der Waals surface area contributed by atoms with Crippen LogP contribution in [0.15, 0.2) is 41.6 Å². The first-order valence-electron chi connectivity index (χ1n) is 7.76. The van der Waals surface area contributed by atoms with Crippen molar-refractivity contribution >= 4 is 23.3 Å². The summed E-state index contributed by atoms with van der Waals surface area (Å²) in [5.74, 6) is -4.43. The molecule has 0 bridgehead atoms. The van der Waals surface area contributed by atoms with Crippen molar-refractivity contribution in [3.05, 3.63) is 65.0 Å². The van der Waals surface area contributed by atoms with Gasteiger partial charge in [-0.1, -0.05) is 17.3 Å². The van der Waals surface area contributed by atoms with E-state index in [9.17, 15) is 22.8 Å². The van der Waals surface area contributed by atoms with Crippen molar-refractivity contribution < 1.29 is 32.3 Å². The number of nitrogens with one attached hydrogen (secondary N) is 1. The third kappa shape index (κ3) is 3.91. The molecule has 27 heavy (non-hydrogen) atoms. The van der Waals surface area contributed by atoms with Crippen LogP contribution < -0.4 is 5.32 Å². The van der Waals surface area contributed by atoms with E-state index in [1.165, 1.54) is 18.2 Å². The summed E-state index contributed by atoms with van der Waals surface area (Å²) >= 11 is 0. The van der Waals surface area contributed by atoms with Gasteiger partial charge in [0.05, 0.1) is 24.1 Å². The summed E-state index contributed by atoms with van der Waals surface area (Å²) in [6, 6.07) is 6.89. The van der Waals surface area contributed by atoms with E-state index in [2.05, 4.69) is 15.2 Å². The zero-order chi connectivity index (χ0) is 19.6. The SMILES string of the molecule is COC(=O)c1cc(NC(=O)[C@@H]2CC(c3cccc(F)c3)=NO2)c(F)cc1F. The van der Waals surface area contributed by atoms with Gasteiger partial charge in [0.1, 0.15) is 17.5 Å². The van der Waals surface area contributed by atoms with Gasteiger partial charge in [-0.2, -0.15) is 0 Å². The molecule has 0 aliphatic carbocycles. The van der Waals surface area contributed by atoms with Gasteiger partial charge in [-0.15, -0.1) is 0 Å². The van der Waals surface area contributed by atoms with Crippen LogP contribution in [0.3, 0.4) is 0 Å². The van der Waals surface area contributed by atoms with Crippen LogP contribution in [0.2, 0.25) is 0 Å². The number of anilines is 1. The Morgan fingerprint density at radius 3 is 2.67 bits per heavy atom. The fraction of sp³-hybridized carbons (Fsp3) is 0.167. The first-order chi connectivity index (χ1) is 12.9. The molecule has 2 aromatic rings. The molecule has 0 saturated carbocycles. The first-order valence-corrected chi connectivity index (χ1v) is 7.76. The number of methoxy groups -OCH3 is 1. The van der Waals surface area contributed by atoms with Crippen molar-refractivity contribution in [2.45, 2.75) is 12.5 Å². The minimum absolute atomic E-state index is 0.0297. The van der Waals surface area contributed by atoms with Crippen LogP contribution in [0.1, 0.15) is 22.3 Å². The topological polar surface area (TPSA) is 77.0 Å². The maximum Gasteiger partial charge on any atom is 0.340 e. The van der Waals surface area contributed by atoms with Gasteiger partial charge in [0.15, 0.2) is 0 Å². The number of carbonyl (C=O) groups is 2. The zero-order valence-corrected chi connectivity index (χ0v) is 14.0. The lowest BCUT2D eigenvalue weighted by Gasteiger charge is -2.11. The number of ether oxygens (including phenoxy) is 1. The van der Waals surface area contributed by atoms with Gasteiger partial charge < -0.3 is 14.9 Å². The number of hydrogen-bond acceptors (Lipinski definition) is 5. The van der Waals surface area contributed by atoms with Gasteiger partial charge >= 0.3 is 5.97 Å². The minimum atomic E-state index is -1.12. The third-order valence-electron chi connectivity index (χ3n) is 3.84. The molecule has 1 amide bonds. The summed E-state index contributed by atoms with van der Waals surface area (Å²) in [6.07, 6.45) is -1.06. The van der Waals surface area contributed by atoms with Crippen LogP contribution in [0, 0.1) is 17.5 Å². The van der Waals surface area contributed by atoms with E-state index in [-0.39, 0.29) is 6.42 Å². The Hall–Kier alpha value is -3.36. The van der Waals surface area contributed by atoms with Gasteiger partial charge in [-0.3, -0.25) is 4.79 Å². The summed E-state index contributed by atoms with van der Waals surface area (Å²) in [4.78, 5) is 28.8. The lowest BCUT2D eigenvalue weighted by Crippen LogP contribution is -2.28. The van der Waals surface area contributed by atoms with Gasteiger partial charge in [-0.25, -0.2) is 18.0 Å². The molecule has 0 fully saturated rings. The van der Waals surface area contributed by atoms with Gasteiger partial charge in [-0.05, 0) is 18.2 Å². The van der Waals surface area contributed by atoms with Crippen LogP contribution in [-0.4, -0.2) is 30.8 Å². The Bertz CT molecular complexity index is 946. The smallest absolute Gasteiger partial charge is 0.340 e. The molecule has 9 heteroatoms. The predicted molar refractivity (Wildman–Crippen MR) is 88.8 cm³/mol. The second kappa shape index (κ2) is 7.48. The number of benzene rings is 2.